The Balaban J connectivity index is 1.56. The topological polar surface area (TPSA) is 91.3 Å². The van der Waals surface area contributed by atoms with Crippen LogP contribution in [0.3, 0.4) is 0 Å². The van der Waals surface area contributed by atoms with Gasteiger partial charge < -0.3 is 15.7 Å². The third kappa shape index (κ3) is 6.11. The molecule has 1 heterocycles. The summed E-state index contributed by atoms with van der Waals surface area (Å²) in [6.07, 6.45) is 5.50. The molecule has 1 fully saturated rings. The van der Waals surface area contributed by atoms with Crippen molar-refractivity contribution in [2.24, 2.45) is 0 Å². The molecule has 0 spiro atoms. The Labute approximate surface area is 175 Å². The molecule has 3 N–H and O–H groups in total. The van der Waals surface area contributed by atoms with E-state index in [0.29, 0.717) is 24.1 Å². The van der Waals surface area contributed by atoms with Crippen molar-refractivity contribution in [3.05, 3.63) is 45.4 Å². The molecule has 0 aliphatic heterocycles. The number of carbonyl (C=O) groups excluding carboxylic acids is 2. The highest BCUT2D eigenvalue weighted by molar-refractivity contribution is 7.09. The van der Waals surface area contributed by atoms with Gasteiger partial charge >= 0.3 is 0 Å². The van der Waals surface area contributed by atoms with Crippen LogP contribution in [0, 0.1) is 13.8 Å². The summed E-state index contributed by atoms with van der Waals surface area (Å²) in [5.74, 6) is -0.342. The van der Waals surface area contributed by atoms with Crippen LogP contribution >= 0.6 is 11.3 Å². The number of nitrogens with one attached hydrogen (secondary N) is 2. The highest BCUT2D eigenvalue weighted by Gasteiger charge is 2.29. The fourth-order valence-electron chi connectivity index (χ4n) is 3.61. The number of hydrogen-bond acceptors (Lipinski definition) is 5. The summed E-state index contributed by atoms with van der Waals surface area (Å²) >= 11 is 1.58. The smallest absolute Gasteiger partial charge is 0.251 e. The maximum absolute atomic E-state index is 12.5. The second kappa shape index (κ2) is 9.50. The zero-order valence-electron chi connectivity index (χ0n) is 17.1. The number of aliphatic hydroxyl groups is 1. The third-order valence-electron chi connectivity index (χ3n) is 5.41. The number of aryl methyl sites for hydroxylation is 3. The van der Waals surface area contributed by atoms with Crippen LogP contribution in [0.2, 0.25) is 0 Å². The molecule has 0 unspecified atom stereocenters. The number of aromatic nitrogens is 1. The van der Waals surface area contributed by atoms with E-state index >= 15 is 0 Å². The van der Waals surface area contributed by atoms with Gasteiger partial charge in [0.25, 0.3) is 5.91 Å². The second-order valence-corrected chi connectivity index (χ2v) is 8.97. The summed E-state index contributed by atoms with van der Waals surface area (Å²) < 4.78 is 0. The van der Waals surface area contributed by atoms with Crippen molar-refractivity contribution >= 4 is 28.8 Å². The molecule has 0 saturated heterocycles. The van der Waals surface area contributed by atoms with Crippen molar-refractivity contribution < 1.29 is 14.7 Å². The van der Waals surface area contributed by atoms with Crippen molar-refractivity contribution in [3.63, 3.8) is 0 Å². The summed E-state index contributed by atoms with van der Waals surface area (Å²) in [7, 11) is 0. The molecule has 156 valence electrons. The van der Waals surface area contributed by atoms with Gasteiger partial charge in [0.1, 0.15) is 0 Å². The van der Waals surface area contributed by atoms with Gasteiger partial charge in [0.05, 0.1) is 16.3 Å². The van der Waals surface area contributed by atoms with Crippen LogP contribution < -0.4 is 10.6 Å². The number of thiazole rings is 1. The molecule has 1 aliphatic rings. The molecule has 2 aromatic rings. The van der Waals surface area contributed by atoms with Gasteiger partial charge in [-0.25, -0.2) is 4.98 Å². The number of hydrogen-bond donors (Lipinski definition) is 3. The molecule has 29 heavy (non-hydrogen) atoms. The lowest BCUT2D eigenvalue weighted by atomic mass is 9.85. The number of benzene rings is 1. The van der Waals surface area contributed by atoms with E-state index in [9.17, 15) is 14.7 Å². The van der Waals surface area contributed by atoms with Gasteiger partial charge in [-0.2, -0.15) is 0 Å². The first-order valence-electron chi connectivity index (χ1n) is 10.2. The third-order valence-corrected chi connectivity index (χ3v) is 6.23. The lowest BCUT2D eigenvalue weighted by Crippen LogP contribution is -2.44. The Morgan fingerprint density at radius 2 is 1.97 bits per heavy atom. The zero-order chi connectivity index (χ0) is 20.9. The Hall–Kier alpha value is -2.25. The van der Waals surface area contributed by atoms with Crippen LogP contribution in [0.5, 0.6) is 0 Å². The summed E-state index contributed by atoms with van der Waals surface area (Å²) in [5, 5.41) is 19.3. The molecule has 7 heteroatoms. The number of amides is 2. The van der Waals surface area contributed by atoms with E-state index in [-0.39, 0.29) is 18.4 Å². The van der Waals surface area contributed by atoms with Crippen LogP contribution in [0.15, 0.2) is 23.6 Å². The molecular weight excluding hydrogens is 386 g/mol. The molecule has 1 aromatic heterocycles. The predicted molar refractivity (Wildman–Crippen MR) is 115 cm³/mol. The zero-order valence-corrected chi connectivity index (χ0v) is 17.9. The first-order chi connectivity index (χ1) is 13.8. The average molecular weight is 416 g/mol. The number of nitrogens with zero attached hydrogens (tertiary/aromatic N) is 1. The first-order valence-corrected chi connectivity index (χ1v) is 11.0. The number of anilines is 1. The standard InChI is InChI=1S/C22H29N3O3S/c1-15-6-7-17(21(27)23-14-22(28)10-4-3-5-11-22)12-19(15)25-20(26)9-8-18-13-29-16(2)24-18/h6-7,12-13,28H,3-5,8-11,14H2,1-2H3,(H,23,27)(H,25,26). The summed E-state index contributed by atoms with van der Waals surface area (Å²) in [4.78, 5) is 29.3. The maximum atomic E-state index is 12.5. The molecule has 0 radical (unpaired) electrons. The fourth-order valence-corrected chi connectivity index (χ4v) is 4.26. The van der Waals surface area contributed by atoms with Crippen molar-refractivity contribution in [1.82, 2.24) is 10.3 Å². The van der Waals surface area contributed by atoms with Crippen molar-refractivity contribution in [3.8, 4) is 0 Å². The van der Waals surface area contributed by atoms with Gasteiger partial charge in [0.2, 0.25) is 5.91 Å². The van der Waals surface area contributed by atoms with Crippen molar-refractivity contribution in [1.29, 1.82) is 0 Å². The molecule has 2 amide bonds. The van der Waals surface area contributed by atoms with Gasteiger partial charge in [-0.15, -0.1) is 11.3 Å². The molecule has 1 aliphatic carbocycles. The Morgan fingerprint density at radius 3 is 2.66 bits per heavy atom. The minimum Gasteiger partial charge on any atom is -0.388 e. The van der Waals surface area contributed by atoms with Crippen molar-refractivity contribution in [2.75, 3.05) is 11.9 Å². The normalized spacial score (nSPS) is 15.7. The van der Waals surface area contributed by atoms with Crippen LogP contribution in [0.1, 0.15) is 65.1 Å². The van der Waals surface area contributed by atoms with E-state index in [1.165, 1.54) is 0 Å². The highest BCUT2D eigenvalue weighted by Crippen LogP contribution is 2.27. The number of rotatable bonds is 7. The van der Waals surface area contributed by atoms with E-state index in [0.717, 1.165) is 48.4 Å². The molecule has 1 saturated carbocycles. The largest absolute Gasteiger partial charge is 0.388 e. The monoisotopic (exact) mass is 415 g/mol. The van der Waals surface area contributed by atoms with Crippen LogP contribution in [-0.4, -0.2) is 34.1 Å². The predicted octanol–water partition coefficient (Wildman–Crippen LogP) is 3.76. The van der Waals surface area contributed by atoms with E-state index in [1.807, 2.05) is 25.3 Å². The molecule has 0 bridgehead atoms. The van der Waals surface area contributed by atoms with E-state index < -0.39 is 5.60 Å². The molecule has 6 nitrogen and oxygen atoms in total. The molecular formula is C22H29N3O3S. The van der Waals surface area contributed by atoms with E-state index in [4.69, 9.17) is 0 Å². The Kier molecular flexibility index (Phi) is 7.03. The van der Waals surface area contributed by atoms with Gasteiger partial charge in [-0.05, 0) is 50.8 Å². The lowest BCUT2D eigenvalue weighted by Gasteiger charge is -2.32. The highest BCUT2D eigenvalue weighted by atomic mass is 32.1. The van der Waals surface area contributed by atoms with Crippen molar-refractivity contribution in [2.45, 2.75) is 64.4 Å². The van der Waals surface area contributed by atoms with E-state index in [1.54, 1.807) is 23.5 Å². The molecule has 1 aromatic carbocycles. The van der Waals surface area contributed by atoms with Gasteiger partial charge in [-0.1, -0.05) is 25.3 Å². The molecule has 3 rings (SSSR count). The fraction of sp³-hybridized carbons (Fsp3) is 0.500. The van der Waals surface area contributed by atoms with Crippen LogP contribution in [0.25, 0.3) is 0 Å². The SMILES string of the molecule is Cc1nc(CCC(=O)Nc2cc(C(=O)NCC3(O)CCCCC3)ccc2C)cs1. The van der Waals surface area contributed by atoms with Gasteiger partial charge in [0.15, 0.2) is 0 Å². The van der Waals surface area contributed by atoms with E-state index in [2.05, 4.69) is 15.6 Å². The minimum absolute atomic E-state index is 0.104. The number of carbonyl (C=O) groups is 2. The summed E-state index contributed by atoms with van der Waals surface area (Å²) in [5.41, 5.74) is 2.12. The lowest BCUT2D eigenvalue weighted by molar-refractivity contribution is -0.116. The average Bonchev–Trinajstić information content (AvgIpc) is 3.12. The van der Waals surface area contributed by atoms with Crippen LogP contribution in [0.4, 0.5) is 5.69 Å². The van der Waals surface area contributed by atoms with Gasteiger partial charge in [0, 0.05) is 29.6 Å². The summed E-state index contributed by atoms with van der Waals surface area (Å²) in [6.45, 7) is 4.10. The quantitative estimate of drug-likeness (QED) is 0.642. The molecule has 0 atom stereocenters. The maximum Gasteiger partial charge on any atom is 0.251 e. The van der Waals surface area contributed by atoms with Gasteiger partial charge in [-0.3, -0.25) is 9.59 Å². The second-order valence-electron chi connectivity index (χ2n) is 7.90. The van der Waals surface area contributed by atoms with Crippen LogP contribution in [-0.2, 0) is 11.2 Å². The first kappa shape index (κ1) is 21.5. The summed E-state index contributed by atoms with van der Waals surface area (Å²) in [6, 6.07) is 5.26. The Bertz CT molecular complexity index is 872. The minimum atomic E-state index is -0.802. The Morgan fingerprint density at radius 1 is 1.21 bits per heavy atom.